The maximum atomic E-state index is 10.8. The van der Waals surface area contributed by atoms with Crippen LogP contribution in [0.5, 0.6) is 17.6 Å². The molecule has 0 aliphatic carbocycles. The number of carboxylic acids is 1. The van der Waals surface area contributed by atoms with Crippen LogP contribution >= 0.6 is 0 Å². The summed E-state index contributed by atoms with van der Waals surface area (Å²) in [4.78, 5) is 24.1. The van der Waals surface area contributed by atoms with Crippen LogP contribution in [0.2, 0.25) is 0 Å². The molecule has 0 unspecified atom stereocenters. The van der Waals surface area contributed by atoms with Crippen LogP contribution in [0.15, 0.2) is 16.5 Å². The van der Waals surface area contributed by atoms with Gasteiger partial charge in [-0.2, -0.15) is 9.97 Å². The maximum absolute atomic E-state index is 10.8. The van der Waals surface area contributed by atoms with Gasteiger partial charge >= 0.3 is 12.0 Å². The summed E-state index contributed by atoms with van der Waals surface area (Å²) >= 11 is 0. The highest BCUT2D eigenvalue weighted by atomic mass is 16.5. The lowest BCUT2D eigenvalue weighted by atomic mass is 10.1. The Bertz CT molecular complexity index is 1070. The van der Waals surface area contributed by atoms with Crippen molar-refractivity contribution in [2.75, 3.05) is 19.8 Å². The molecule has 0 saturated heterocycles. The van der Waals surface area contributed by atoms with E-state index in [4.69, 9.17) is 23.7 Å². The monoisotopic (exact) mass is 443 g/mol. The minimum atomic E-state index is -1.03. The van der Waals surface area contributed by atoms with E-state index in [0.29, 0.717) is 47.7 Å². The zero-order valence-electron chi connectivity index (χ0n) is 19.1. The molecule has 32 heavy (non-hydrogen) atoms. The fraction of sp³-hybridized carbons (Fsp3) is 0.478. The molecule has 0 atom stereocenters. The van der Waals surface area contributed by atoms with Gasteiger partial charge in [0.25, 0.3) is 11.6 Å². The fourth-order valence-electron chi connectivity index (χ4n) is 3.09. The van der Waals surface area contributed by atoms with Gasteiger partial charge in [-0.15, -0.1) is 0 Å². The van der Waals surface area contributed by atoms with Gasteiger partial charge in [0.15, 0.2) is 12.1 Å². The van der Waals surface area contributed by atoms with Crippen molar-refractivity contribution >= 4 is 17.2 Å². The van der Waals surface area contributed by atoms with Crippen molar-refractivity contribution in [3.05, 3.63) is 23.3 Å². The number of ether oxygens (including phenoxy) is 3. The molecule has 0 radical (unpaired) electrons. The molecule has 9 nitrogen and oxygen atoms in total. The predicted octanol–water partition coefficient (Wildman–Crippen LogP) is 4.58. The molecule has 2 heterocycles. The summed E-state index contributed by atoms with van der Waals surface area (Å²) in [5.74, 6) is 0.670. The van der Waals surface area contributed by atoms with Crippen molar-refractivity contribution in [2.45, 2.75) is 47.5 Å². The lowest BCUT2D eigenvalue weighted by Crippen LogP contribution is -2.10. The SMILES string of the molecule is CCCOc1nc(OCCC(C)C)nc2oc(-c3cc(C)c(OCC(=O)O)c(C)c3)nc12. The third kappa shape index (κ3) is 5.66. The standard InChI is InChI=1S/C23H29N3O6/c1-6-8-29-21-18-22(26-23(25-21)30-9-7-13(2)3)32-20(24-18)16-10-14(4)19(15(5)11-16)31-12-17(27)28/h10-11,13H,6-9,12H2,1-5H3,(H,27,28). The van der Waals surface area contributed by atoms with E-state index in [-0.39, 0.29) is 11.7 Å². The van der Waals surface area contributed by atoms with Crippen molar-refractivity contribution in [1.82, 2.24) is 15.0 Å². The smallest absolute Gasteiger partial charge is 0.341 e. The molecule has 0 spiro atoms. The van der Waals surface area contributed by atoms with Crippen LogP contribution < -0.4 is 14.2 Å². The first-order chi connectivity index (χ1) is 15.3. The third-order valence-corrected chi connectivity index (χ3v) is 4.62. The highest BCUT2D eigenvalue weighted by Gasteiger charge is 2.19. The minimum absolute atomic E-state index is 0.191. The van der Waals surface area contributed by atoms with Gasteiger partial charge in [0.2, 0.25) is 5.89 Å². The lowest BCUT2D eigenvalue weighted by Gasteiger charge is -2.11. The summed E-state index contributed by atoms with van der Waals surface area (Å²) in [5.41, 5.74) is 2.96. The summed E-state index contributed by atoms with van der Waals surface area (Å²) in [5, 5.41) is 8.88. The molecule has 3 aromatic rings. The number of benzene rings is 1. The molecule has 0 aliphatic rings. The highest BCUT2D eigenvalue weighted by Crippen LogP contribution is 2.33. The Kier molecular flexibility index (Phi) is 7.50. The van der Waals surface area contributed by atoms with Crippen LogP contribution in [0.25, 0.3) is 22.7 Å². The number of aliphatic carboxylic acids is 1. The van der Waals surface area contributed by atoms with Crippen LogP contribution in [-0.2, 0) is 4.79 Å². The highest BCUT2D eigenvalue weighted by molar-refractivity contribution is 5.78. The molecule has 0 saturated carbocycles. The van der Waals surface area contributed by atoms with E-state index in [0.717, 1.165) is 24.0 Å². The Morgan fingerprint density at radius 3 is 2.41 bits per heavy atom. The summed E-state index contributed by atoms with van der Waals surface area (Å²) in [7, 11) is 0. The molecule has 0 bridgehead atoms. The third-order valence-electron chi connectivity index (χ3n) is 4.62. The molecule has 3 rings (SSSR count). The summed E-state index contributed by atoms with van der Waals surface area (Å²) in [6.45, 7) is 10.5. The van der Waals surface area contributed by atoms with Crippen molar-refractivity contribution < 1.29 is 28.5 Å². The number of fused-ring (bicyclic) bond motifs is 1. The van der Waals surface area contributed by atoms with E-state index < -0.39 is 12.6 Å². The van der Waals surface area contributed by atoms with Gasteiger partial charge in [0, 0.05) is 5.56 Å². The van der Waals surface area contributed by atoms with E-state index in [1.165, 1.54) is 0 Å². The Balaban J connectivity index is 1.96. The maximum Gasteiger partial charge on any atom is 0.341 e. The van der Waals surface area contributed by atoms with Gasteiger partial charge in [-0.25, -0.2) is 9.78 Å². The number of carboxylic acid groups (broad SMARTS) is 1. The normalized spacial score (nSPS) is 11.2. The van der Waals surface area contributed by atoms with Crippen molar-refractivity contribution in [1.29, 1.82) is 0 Å². The summed E-state index contributed by atoms with van der Waals surface area (Å²) in [6.07, 6.45) is 1.69. The van der Waals surface area contributed by atoms with Gasteiger partial charge in [0.1, 0.15) is 5.75 Å². The average Bonchev–Trinajstić information content (AvgIpc) is 3.15. The zero-order valence-corrected chi connectivity index (χ0v) is 19.1. The molecule has 172 valence electrons. The molecular weight excluding hydrogens is 414 g/mol. The molecule has 1 aromatic carbocycles. The van der Waals surface area contributed by atoms with Gasteiger partial charge in [0.05, 0.1) is 13.2 Å². The second-order valence-corrected chi connectivity index (χ2v) is 7.99. The van der Waals surface area contributed by atoms with Crippen molar-refractivity contribution in [2.24, 2.45) is 5.92 Å². The van der Waals surface area contributed by atoms with Crippen LogP contribution in [0, 0.1) is 19.8 Å². The van der Waals surface area contributed by atoms with E-state index in [1.807, 2.05) is 32.9 Å². The average molecular weight is 444 g/mol. The lowest BCUT2D eigenvalue weighted by molar-refractivity contribution is -0.139. The number of aromatic nitrogens is 3. The number of hydrogen-bond acceptors (Lipinski definition) is 8. The summed E-state index contributed by atoms with van der Waals surface area (Å²) in [6, 6.07) is 3.85. The Hall–Kier alpha value is -3.36. The van der Waals surface area contributed by atoms with Gasteiger partial charge in [-0.3, -0.25) is 0 Å². The Morgan fingerprint density at radius 1 is 1.06 bits per heavy atom. The Morgan fingerprint density at radius 2 is 1.78 bits per heavy atom. The zero-order chi connectivity index (χ0) is 23.3. The molecule has 2 aromatic heterocycles. The first-order valence-electron chi connectivity index (χ1n) is 10.7. The van der Waals surface area contributed by atoms with Crippen LogP contribution in [-0.4, -0.2) is 45.8 Å². The van der Waals surface area contributed by atoms with Crippen molar-refractivity contribution in [3.8, 4) is 29.1 Å². The summed E-state index contributed by atoms with van der Waals surface area (Å²) < 4.78 is 22.8. The van der Waals surface area contributed by atoms with Crippen LogP contribution in [0.1, 0.15) is 44.7 Å². The quantitative estimate of drug-likeness (QED) is 0.454. The fourth-order valence-corrected chi connectivity index (χ4v) is 3.09. The number of rotatable bonds is 11. The van der Waals surface area contributed by atoms with E-state index in [1.54, 1.807) is 0 Å². The largest absolute Gasteiger partial charge is 0.481 e. The van der Waals surface area contributed by atoms with E-state index in [9.17, 15) is 4.79 Å². The van der Waals surface area contributed by atoms with Crippen LogP contribution in [0.4, 0.5) is 0 Å². The number of hydrogen-bond donors (Lipinski definition) is 1. The van der Waals surface area contributed by atoms with Crippen LogP contribution in [0.3, 0.4) is 0 Å². The van der Waals surface area contributed by atoms with Gasteiger partial charge in [-0.05, 0) is 55.9 Å². The molecular formula is C23H29N3O6. The number of carbonyl (C=O) groups is 1. The van der Waals surface area contributed by atoms with E-state index >= 15 is 0 Å². The molecule has 0 aliphatic heterocycles. The first-order valence-corrected chi connectivity index (χ1v) is 10.7. The number of oxazole rings is 1. The van der Waals surface area contributed by atoms with Gasteiger partial charge < -0.3 is 23.7 Å². The number of aryl methyl sites for hydroxylation is 2. The molecule has 9 heteroatoms. The second kappa shape index (κ2) is 10.3. The van der Waals surface area contributed by atoms with E-state index in [2.05, 4.69) is 28.8 Å². The first kappa shape index (κ1) is 23.3. The van der Waals surface area contributed by atoms with Gasteiger partial charge in [-0.1, -0.05) is 20.8 Å². The second-order valence-electron chi connectivity index (χ2n) is 7.99. The predicted molar refractivity (Wildman–Crippen MR) is 118 cm³/mol. The van der Waals surface area contributed by atoms with Crippen molar-refractivity contribution in [3.63, 3.8) is 0 Å². The molecule has 1 N–H and O–H groups in total. The minimum Gasteiger partial charge on any atom is -0.481 e. The topological polar surface area (TPSA) is 117 Å². The Labute approximate surface area is 186 Å². The number of nitrogens with zero attached hydrogens (tertiary/aromatic N) is 3. The molecule has 0 fully saturated rings. The molecule has 0 amide bonds.